The number of hydrogen-bond donors (Lipinski definition) is 0. The van der Waals surface area contributed by atoms with E-state index in [1.54, 1.807) is 0 Å². The Hall–Kier alpha value is -3.26. The number of benzene rings is 4. The molecule has 42 heavy (non-hydrogen) atoms. The molecule has 0 bridgehead atoms. The maximum Gasteiger partial charge on any atom is 0.0602 e. The van der Waals surface area contributed by atoms with E-state index in [1.807, 2.05) is 6.20 Å². The topological polar surface area (TPSA) is 17.8 Å². The van der Waals surface area contributed by atoms with E-state index in [1.165, 1.54) is 103 Å². The Labute approximate surface area is 264 Å². The van der Waals surface area contributed by atoms with Gasteiger partial charge in [0.25, 0.3) is 0 Å². The molecular formula is C39H39IrN2-. The molecule has 2 nitrogen and oxygen atoms in total. The van der Waals surface area contributed by atoms with Crippen molar-refractivity contribution < 1.29 is 20.1 Å². The fraction of sp³-hybridized carbons (Fsp3) is 0.308. The van der Waals surface area contributed by atoms with Crippen molar-refractivity contribution in [3.05, 3.63) is 121 Å². The van der Waals surface area contributed by atoms with Gasteiger partial charge in [-0.05, 0) is 71.9 Å². The Morgan fingerprint density at radius 2 is 1.14 bits per heavy atom. The fourth-order valence-corrected chi connectivity index (χ4v) is 7.26. The second-order valence-electron chi connectivity index (χ2n) is 12.0. The normalized spacial score (nSPS) is 16.2. The predicted molar refractivity (Wildman–Crippen MR) is 170 cm³/mol. The molecule has 0 N–H and O–H groups in total. The van der Waals surface area contributed by atoms with E-state index in [9.17, 15) is 0 Å². The maximum absolute atomic E-state index is 4.95. The minimum atomic E-state index is 0. The molecule has 1 radical (unpaired) electrons. The molecule has 2 saturated carbocycles. The summed E-state index contributed by atoms with van der Waals surface area (Å²) in [6.45, 7) is 0. The van der Waals surface area contributed by atoms with Gasteiger partial charge in [0.2, 0.25) is 0 Å². The Morgan fingerprint density at radius 3 is 1.67 bits per heavy atom. The molecule has 4 aromatic carbocycles. The van der Waals surface area contributed by atoms with Gasteiger partial charge in [0.05, 0.1) is 5.82 Å². The fourth-order valence-electron chi connectivity index (χ4n) is 7.26. The largest absolute Gasteiger partial charge is 0.340 e. The summed E-state index contributed by atoms with van der Waals surface area (Å²) in [5.41, 5.74) is 10.6. The smallest absolute Gasteiger partial charge is 0.0602 e. The zero-order valence-corrected chi connectivity index (χ0v) is 26.7. The molecule has 0 spiro atoms. The molecule has 3 heteroatoms. The molecule has 2 aliphatic rings. The van der Waals surface area contributed by atoms with Crippen LogP contribution in [0.1, 0.15) is 87.2 Å². The summed E-state index contributed by atoms with van der Waals surface area (Å²) in [5.74, 6) is 2.17. The Balaban J connectivity index is 0.00000316. The Kier molecular flexibility index (Phi) is 9.18. The molecule has 1 heterocycles. The van der Waals surface area contributed by atoms with Crippen molar-refractivity contribution in [2.75, 3.05) is 0 Å². The number of aromatic nitrogens is 2. The van der Waals surface area contributed by atoms with Crippen molar-refractivity contribution in [2.24, 2.45) is 0 Å². The van der Waals surface area contributed by atoms with E-state index >= 15 is 0 Å². The van der Waals surface area contributed by atoms with Crippen LogP contribution < -0.4 is 0 Å². The van der Waals surface area contributed by atoms with Gasteiger partial charge in [-0.1, -0.05) is 110 Å². The van der Waals surface area contributed by atoms with Gasteiger partial charge in [0.15, 0.2) is 0 Å². The van der Waals surface area contributed by atoms with Gasteiger partial charge in [-0.25, -0.2) is 0 Å². The SMILES string of the molecule is [Ir].[c-]1cc(-c2ccccc2)ccc1-c1nccn1-c1c(C2CCCCC2)cc(-c2ccccc2)cc1C1CCCCC1. The second kappa shape index (κ2) is 13.4. The first kappa shape index (κ1) is 28.8. The monoisotopic (exact) mass is 728 g/mol. The van der Waals surface area contributed by atoms with E-state index in [-0.39, 0.29) is 20.1 Å². The predicted octanol–water partition coefficient (Wildman–Crippen LogP) is 10.8. The van der Waals surface area contributed by atoms with Gasteiger partial charge in [-0.3, -0.25) is 4.98 Å². The van der Waals surface area contributed by atoms with Gasteiger partial charge in [-0.2, -0.15) is 0 Å². The zero-order valence-electron chi connectivity index (χ0n) is 24.3. The molecule has 0 aliphatic heterocycles. The first-order valence-electron chi connectivity index (χ1n) is 15.7. The van der Waals surface area contributed by atoms with E-state index < -0.39 is 0 Å². The third-order valence-corrected chi connectivity index (χ3v) is 9.41. The number of imidazole rings is 1. The summed E-state index contributed by atoms with van der Waals surface area (Å²) < 4.78 is 2.41. The number of rotatable bonds is 6. The van der Waals surface area contributed by atoms with Crippen LogP contribution in [0.3, 0.4) is 0 Å². The third-order valence-electron chi connectivity index (χ3n) is 9.41. The molecule has 7 rings (SSSR count). The summed E-state index contributed by atoms with van der Waals surface area (Å²) >= 11 is 0. The van der Waals surface area contributed by atoms with Crippen LogP contribution in [0.4, 0.5) is 0 Å². The molecular weight excluding hydrogens is 689 g/mol. The molecule has 0 saturated heterocycles. The van der Waals surface area contributed by atoms with Crippen LogP contribution in [0.2, 0.25) is 0 Å². The molecule has 5 aromatic rings. The van der Waals surface area contributed by atoms with E-state index in [0.717, 1.165) is 11.4 Å². The molecule has 0 atom stereocenters. The van der Waals surface area contributed by atoms with Crippen LogP contribution in [0, 0.1) is 6.07 Å². The number of nitrogens with zero attached hydrogens (tertiary/aromatic N) is 2. The molecule has 0 unspecified atom stereocenters. The summed E-state index contributed by atoms with van der Waals surface area (Å²) in [4.78, 5) is 4.95. The minimum absolute atomic E-state index is 0. The van der Waals surface area contributed by atoms with Crippen molar-refractivity contribution in [1.29, 1.82) is 0 Å². The molecule has 2 aliphatic carbocycles. The first-order chi connectivity index (χ1) is 20.3. The number of hydrogen-bond acceptors (Lipinski definition) is 1. The third kappa shape index (κ3) is 5.96. The van der Waals surface area contributed by atoms with Crippen LogP contribution in [0.5, 0.6) is 0 Å². The molecule has 215 valence electrons. The van der Waals surface area contributed by atoms with Gasteiger partial charge in [0, 0.05) is 38.2 Å². The zero-order chi connectivity index (χ0) is 27.4. The van der Waals surface area contributed by atoms with Gasteiger partial charge >= 0.3 is 0 Å². The summed E-state index contributed by atoms with van der Waals surface area (Å²) in [7, 11) is 0. The Morgan fingerprint density at radius 1 is 0.595 bits per heavy atom. The van der Waals surface area contributed by atoms with Crippen molar-refractivity contribution in [3.8, 4) is 39.3 Å². The van der Waals surface area contributed by atoms with Gasteiger partial charge < -0.3 is 4.57 Å². The van der Waals surface area contributed by atoms with Gasteiger partial charge in [-0.15, -0.1) is 29.8 Å². The molecule has 2 fully saturated rings. The average molecular weight is 728 g/mol. The standard InChI is InChI=1S/C39H39N2.Ir/c1-5-13-29(14-6-1)31-21-23-34(24-22-31)39-40-25-26-41(39)38-36(32-17-9-3-10-18-32)27-35(30-15-7-2-8-16-30)28-37(38)33-19-11-4-12-20-33;/h1-2,5-8,13-16,21-23,25-28,32-33H,3-4,9-12,17-20H2;/q-1;. The molecule has 0 amide bonds. The maximum atomic E-state index is 4.95. The Bertz CT molecular complexity index is 1540. The van der Waals surface area contributed by atoms with E-state index in [2.05, 4.69) is 108 Å². The van der Waals surface area contributed by atoms with Crippen LogP contribution in [0.25, 0.3) is 39.3 Å². The second-order valence-corrected chi connectivity index (χ2v) is 12.0. The van der Waals surface area contributed by atoms with E-state index in [4.69, 9.17) is 4.98 Å². The van der Waals surface area contributed by atoms with E-state index in [0.29, 0.717) is 11.8 Å². The van der Waals surface area contributed by atoms with Crippen molar-refractivity contribution >= 4 is 0 Å². The summed E-state index contributed by atoms with van der Waals surface area (Å²) in [6.07, 6.45) is 17.3. The summed E-state index contributed by atoms with van der Waals surface area (Å²) in [5, 5.41) is 0. The van der Waals surface area contributed by atoms with Gasteiger partial charge in [0.1, 0.15) is 0 Å². The van der Waals surface area contributed by atoms with Crippen molar-refractivity contribution in [3.63, 3.8) is 0 Å². The van der Waals surface area contributed by atoms with Crippen molar-refractivity contribution in [1.82, 2.24) is 9.55 Å². The van der Waals surface area contributed by atoms with Crippen LogP contribution in [-0.2, 0) is 20.1 Å². The quantitative estimate of drug-likeness (QED) is 0.159. The van der Waals surface area contributed by atoms with Crippen LogP contribution in [0.15, 0.2) is 103 Å². The average Bonchev–Trinajstić information content (AvgIpc) is 3.55. The summed E-state index contributed by atoms with van der Waals surface area (Å²) in [6, 6.07) is 36.8. The minimum Gasteiger partial charge on any atom is -0.340 e. The molecule has 1 aromatic heterocycles. The van der Waals surface area contributed by atoms with Crippen LogP contribution >= 0.6 is 0 Å². The van der Waals surface area contributed by atoms with Crippen molar-refractivity contribution in [2.45, 2.75) is 76.0 Å². The van der Waals surface area contributed by atoms with Crippen LogP contribution in [-0.4, -0.2) is 9.55 Å². The first-order valence-corrected chi connectivity index (χ1v) is 15.7.